The van der Waals surface area contributed by atoms with Crippen molar-refractivity contribution in [2.75, 3.05) is 33.2 Å². The maximum Gasteiger partial charge on any atom is 0.0113 e. The van der Waals surface area contributed by atoms with Gasteiger partial charge in [-0.15, -0.1) is 0 Å². The second-order valence-corrected chi connectivity index (χ2v) is 4.91. The first kappa shape index (κ1) is 9.47. The van der Waals surface area contributed by atoms with E-state index >= 15 is 0 Å². The molecule has 1 heterocycles. The monoisotopic (exact) mass is 182 g/mol. The number of rotatable bonds is 1. The zero-order valence-corrected chi connectivity index (χ0v) is 9.00. The van der Waals surface area contributed by atoms with Crippen LogP contribution in [0.15, 0.2) is 0 Å². The average molecular weight is 182 g/mol. The fraction of sp³-hybridized carbons (Fsp3) is 1.00. The summed E-state index contributed by atoms with van der Waals surface area (Å²) in [7, 11) is 2.23. The summed E-state index contributed by atoms with van der Waals surface area (Å²) in [6, 6.07) is 0.920. The van der Waals surface area contributed by atoms with Gasteiger partial charge >= 0.3 is 0 Å². The van der Waals surface area contributed by atoms with Crippen molar-refractivity contribution in [3.05, 3.63) is 0 Å². The highest BCUT2D eigenvalue weighted by atomic mass is 15.3. The molecule has 2 fully saturated rings. The molecule has 76 valence electrons. The molecule has 0 bridgehead atoms. The van der Waals surface area contributed by atoms with Gasteiger partial charge < -0.3 is 4.90 Å². The molecule has 1 saturated carbocycles. The van der Waals surface area contributed by atoms with Crippen molar-refractivity contribution in [2.24, 2.45) is 5.92 Å². The Labute approximate surface area is 81.9 Å². The highest BCUT2D eigenvalue weighted by molar-refractivity contribution is 4.83. The van der Waals surface area contributed by atoms with E-state index in [4.69, 9.17) is 0 Å². The Kier molecular flexibility index (Phi) is 2.89. The fourth-order valence-corrected chi connectivity index (χ4v) is 2.70. The largest absolute Gasteiger partial charge is 0.304 e. The first-order valence-electron chi connectivity index (χ1n) is 5.68. The molecule has 0 radical (unpaired) electrons. The predicted molar refractivity (Wildman–Crippen MR) is 55.9 cm³/mol. The Morgan fingerprint density at radius 1 is 1.00 bits per heavy atom. The van der Waals surface area contributed by atoms with Gasteiger partial charge in [-0.1, -0.05) is 6.92 Å². The maximum atomic E-state index is 2.71. The van der Waals surface area contributed by atoms with Crippen LogP contribution in [0, 0.1) is 5.92 Å². The van der Waals surface area contributed by atoms with E-state index in [1.54, 1.807) is 0 Å². The van der Waals surface area contributed by atoms with Crippen LogP contribution in [0.2, 0.25) is 0 Å². The smallest absolute Gasteiger partial charge is 0.0113 e. The molecule has 2 heteroatoms. The third-order valence-corrected chi connectivity index (χ3v) is 3.72. The molecule has 1 aliphatic carbocycles. The lowest BCUT2D eigenvalue weighted by atomic mass is 10.1. The van der Waals surface area contributed by atoms with Crippen LogP contribution in [0.25, 0.3) is 0 Å². The van der Waals surface area contributed by atoms with Crippen LogP contribution in [0.4, 0.5) is 0 Å². The maximum absolute atomic E-state index is 2.71. The summed E-state index contributed by atoms with van der Waals surface area (Å²) in [5.74, 6) is 0.977. The minimum absolute atomic E-state index is 0.920. The highest BCUT2D eigenvalue weighted by Crippen LogP contribution is 2.29. The summed E-state index contributed by atoms with van der Waals surface area (Å²) in [5, 5.41) is 0. The van der Waals surface area contributed by atoms with Gasteiger partial charge in [-0.3, -0.25) is 4.90 Å². The SMILES string of the molecule is C[C@@H]1CC[C@@H](N2CCN(C)CC2)C1. The molecule has 2 rings (SSSR count). The second-order valence-electron chi connectivity index (χ2n) is 4.91. The van der Waals surface area contributed by atoms with E-state index in [0.717, 1.165) is 12.0 Å². The highest BCUT2D eigenvalue weighted by Gasteiger charge is 2.28. The summed E-state index contributed by atoms with van der Waals surface area (Å²) < 4.78 is 0. The lowest BCUT2D eigenvalue weighted by molar-refractivity contribution is 0.112. The van der Waals surface area contributed by atoms with Gasteiger partial charge in [0, 0.05) is 32.2 Å². The lowest BCUT2D eigenvalue weighted by Gasteiger charge is -2.36. The van der Waals surface area contributed by atoms with Crippen LogP contribution in [0.5, 0.6) is 0 Å². The molecule has 0 N–H and O–H groups in total. The Morgan fingerprint density at radius 3 is 2.23 bits per heavy atom. The van der Waals surface area contributed by atoms with Crippen LogP contribution in [0.3, 0.4) is 0 Å². The molecule has 2 nitrogen and oxygen atoms in total. The van der Waals surface area contributed by atoms with E-state index in [-0.39, 0.29) is 0 Å². The zero-order chi connectivity index (χ0) is 9.26. The first-order chi connectivity index (χ1) is 6.25. The van der Waals surface area contributed by atoms with Crippen LogP contribution in [-0.2, 0) is 0 Å². The third-order valence-electron chi connectivity index (χ3n) is 3.72. The Hall–Kier alpha value is -0.0800. The molecule has 2 atom stereocenters. The van der Waals surface area contributed by atoms with Gasteiger partial charge in [-0.05, 0) is 32.2 Å². The van der Waals surface area contributed by atoms with Crippen molar-refractivity contribution in [3.63, 3.8) is 0 Å². The zero-order valence-electron chi connectivity index (χ0n) is 9.00. The predicted octanol–water partition coefficient (Wildman–Crippen LogP) is 1.42. The normalized spacial score (nSPS) is 38.3. The average Bonchev–Trinajstić information content (AvgIpc) is 2.53. The topological polar surface area (TPSA) is 6.48 Å². The molecule has 0 spiro atoms. The number of hydrogen-bond donors (Lipinski definition) is 0. The van der Waals surface area contributed by atoms with Crippen molar-refractivity contribution in [2.45, 2.75) is 32.2 Å². The Balaban J connectivity index is 1.81. The van der Waals surface area contributed by atoms with Crippen molar-refractivity contribution in [1.82, 2.24) is 9.80 Å². The van der Waals surface area contributed by atoms with Gasteiger partial charge in [0.1, 0.15) is 0 Å². The number of likely N-dealkylation sites (N-methyl/N-ethyl adjacent to an activating group) is 1. The minimum Gasteiger partial charge on any atom is -0.304 e. The van der Waals surface area contributed by atoms with Crippen molar-refractivity contribution in [1.29, 1.82) is 0 Å². The minimum atomic E-state index is 0.920. The number of hydrogen-bond acceptors (Lipinski definition) is 2. The van der Waals surface area contributed by atoms with Crippen LogP contribution < -0.4 is 0 Å². The van der Waals surface area contributed by atoms with Gasteiger partial charge in [0.2, 0.25) is 0 Å². The molecule has 0 amide bonds. The molecular weight excluding hydrogens is 160 g/mol. The van der Waals surface area contributed by atoms with Crippen LogP contribution >= 0.6 is 0 Å². The van der Waals surface area contributed by atoms with E-state index < -0.39 is 0 Å². The first-order valence-corrected chi connectivity index (χ1v) is 5.68. The van der Waals surface area contributed by atoms with Crippen molar-refractivity contribution >= 4 is 0 Å². The summed E-state index contributed by atoms with van der Waals surface area (Å²) in [5.41, 5.74) is 0. The van der Waals surface area contributed by atoms with Gasteiger partial charge in [-0.2, -0.15) is 0 Å². The molecule has 0 aromatic carbocycles. The molecule has 0 unspecified atom stereocenters. The molecule has 0 aromatic heterocycles. The van der Waals surface area contributed by atoms with Crippen LogP contribution in [0.1, 0.15) is 26.2 Å². The molecular formula is C11H22N2. The number of piperazine rings is 1. The quantitative estimate of drug-likeness (QED) is 0.605. The van der Waals surface area contributed by atoms with Gasteiger partial charge in [0.25, 0.3) is 0 Å². The molecule has 0 aromatic rings. The third kappa shape index (κ3) is 2.23. The van der Waals surface area contributed by atoms with Crippen molar-refractivity contribution in [3.8, 4) is 0 Å². The van der Waals surface area contributed by atoms with Gasteiger partial charge in [0.05, 0.1) is 0 Å². The van der Waals surface area contributed by atoms with Gasteiger partial charge in [-0.25, -0.2) is 0 Å². The van der Waals surface area contributed by atoms with Crippen LogP contribution in [-0.4, -0.2) is 49.1 Å². The molecule has 1 aliphatic heterocycles. The summed E-state index contributed by atoms with van der Waals surface area (Å²) in [6.45, 7) is 7.54. The molecule has 2 aliphatic rings. The fourth-order valence-electron chi connectivity index (χ4n) is 2.70. The Bertz CT molecular complexity index is 161. The van der Waals surface area contributed by atoms with Gasteiger partial charge in [0.15, 0.2) is 0 Å². The second kappa shape index (κ2) is 3.97. The summed E-state index contributed by atoms with van der Waals surface area (Å²) in [4.78, 5) is 5.15. The summed E-state index contributed by atoms with van der Waals surface area (Å²) >= 11 is 0. The summed E-state index contributed by atoms with van der Waals surface area (Å²) in [6.07, 6.45) is 4.35. The van der Waals surface area contributed by atoms with E-state index in [9.17, 15) is 0 Å². The lowest BCUT2D eigenvalue weighted by Crippen LogP contribution is -2.48. The molecule has 1 saturated heterocycles. The standard InChI is InChI=1S/C11H22N2/c1-10-3-4-11(9-10)13-7-5-12(2)6-8-13/h10-11H,3-9H2,1-2H3/t10-,11-/m1/s1. The van der Waals surface area contributed by atoms with E-state index in [1.807, 2.05) is 0 Å². The van der Waals surface area contributed by atoms with Crippen molar-refractivity contribution < 1.29 is 0 Å². The number of nitrogens with zero attached hydrogens (tertiary/aromatic N) is 2. The van der Waals surface area contributed by atoms with E-state index in [0.29, 0.717) is 0 Å². The van der Waals surface area contributed by atoms with E-state index in [2.05, 4.69) is 23.8 Å². The van der Waals surface area contributed by atoms with E-state index in [1.165, 1.54) is 45.4 Å². The molecule has 13 heavy (non-hydrogen) atoms. The Morgan fingerprint density at radius 2 is 1.69 bits per heavy atom.